The summed E-state index contributed by atoms with van der Waals surface area (Å²) in [5.74, 6) is 0.934. The minimum absolute atomic E-state index is 0.934. The van der Waals surface area contributed by atoms with Crippen LogP contribution in [0.3, 0.4) is 0 Å². The second-order valence-corrected chi connectivity index (χ2v) is 5.95. The number of allylic oxidation sites excluding steroid dienone is 1. The average Bonchev–Trinajstić information content (AvgIpc) is 2.46. The highest BCUT2D eigenvalue weighted by Crippen LogP contribution is 2.37. The Morgan fingerprint density at radius 2 is 1.67 bits per heavy atom. The molecule has 0 radical (unpaired) electrons. The van der Waals surface area contributed by atoms with E-state index < -0.39 is 0 Å². The van der Waals surface area contributed by atoms with Crippen molar-refractivity contribution in [2.45, 2.75) is 33.6 Å². The lowest BCUT2D eigenvalue weighted by atomic mass is 9.83. The Morgan fingerprint density at radius 1 is 0.952 bits per heavy atom. The van der Waals surface area contributed by atoms with E-state index >= 15 is 0 Å². The van der Waals surface area contributed by atoms with Gasteiger partial charge in [-0.15, -0.1) is 0 Å². The molecule has 0 bridgehead atoms. The number of hydrogen-bond donors (Lipinski definition) is 0. The molecule has 108 valence electrons. The first-order chi connectivity index (χ1) is 10.1. The van der Waals surface area contributed by atoms with Crippen LogP contribution in [0, 0.1) is 20.8 Å². The smallest absolute Gasteiger partial charge is 0.119 e. The van der Waals surface area contributed by atoms with Crippen LogP contribution in [0.2, 0.25) is 0 Å². The molecule has 1 aliphatic carbocycles. The minimum atomic E-state index is 0.934. The Bertz CT molecular complexity index is 700. The number of methoxy groups -OCH3 is 1. The van der Waals surface area contributed by atoms with E-state index in [1.165, 1.54) is 39.0 Å². The van der Waals surface area contributed by atoms with Gasteiger partial charge in [0, 0.05) is 0 Å². The molecule has 0 aliphatic heterocycles. The third kappa shape index (κ3) is 2.49. The summed E-state index contributed by atoms with van der Waals surface area (Å²) >= 11 is 0. The van der Waals surface area contributed by atoms with Crippen LogP contribution in [0.1, 0.15) is 39.8 Å². The highest BCUT2D eigenvalue weighted by atomic mass is 16.5. The van der Waals surface area contributed by atoms with Gasteiger partial charge in [0.1, 0.15) is 5.75 Å². The molecule has 0 atom stereocenters. The lowest BCUT2D eigenvalue weighted by Gasteiger charge is -2.22. The van der Waals surface area contributed by atoms with Crippen molar-refractivity contribution in [2.75, 3.05) is 7.11 Å². The van der Waals surface area contributed by atoms with Gasteiger partial charge in [0.25, 0.3) is 0 Å². The van der Waals surface area contributed by atoms with Crippen LogP contribution in [0.5, 0.6) is 5.75 Å². The Hall–Kier alpha value is -2.02. The summed E-state index contributed by atoms with van der Waals surface area (Å²) in [6.07, 6.45) is 4.61. The van der Waals surface area contributed by atoms with Crippen molar-refractivity contribution in [3.05, 3.63) is 69.8 Å². The van der Waals surface area contributed by atoms with Gasteiger partial charge in [-0.25, -0.2) is 0 Å². The second-order valence-electron chi connectivity index (χ2n) is 5.95. The van der Waals surface area contributed by atoms with E-state index in [1.54, 1.807) is 7.11 Å². The van der Waals surface area contributed by atoms with E-state index in [2.05, 4.69) is 57.2 Å². The molecule has 3 rings (SSSR count). The van der Waals surface area contributed by atoms with E-state index in [0.29, 0.717) is 0 Å². The summed E-state index contributed by atoms with van der Waals surface area (Å²) in [5.41, 5.74) is 9.54. The predicted molar refractivity (Wildman–Crippen MR) is 89.0 cm³/mol. The summed E-state index contributed by atoms with van der Waals surface area (Å²) in [7, 11) is 1.73. The molecular formula is C20H22O. The molecule has 0 amide bonds. The highest BCUT2D eigenvalue weighted by molar-refractivity contribution is 5.86. The fraction of sp³-hybridized carbons (Fsp3) is 0.300. The van der Waals surface area contributed by atoms with Crippen LogP contribution in [-0.2, 0) is 6.42 Å². The largest absolute Gasteiger partial charge is 0.497 e. The van der Waals surface area contributed by atoms with E-state index in [4.69, 9.17) is 4.74 Å². The lowest BCUT2D eigenvalue weighted by molar-refractivity contribution is 0.414. The molecule has 0 N–H and O–H groups in total. The Labute approximate surface area is 127 Å². The fourth-order valence-corrected chi connectivity index (χ4v) is 3.47. The zero-order chi connectivity index (χ0) is 15.0. The number of hydrogen-bond acceptors (Lipinski definition) is 1. The SMILES string of the molecule is COc1ccc2c(c1)C(c1c(C)cc(C)cc1C)=CCC2. The summed E-state index contributed by atoms with van der Waals surface area (Å²) < 4.78 is 5.42. The van der Waals surface area contributed by atoms with E-state index in [1.807, 2.05) is 0 Å². The molecule has 1 nitrogen and oxygen atoms in total. The van der Waals surface area contributed by atoms with Gasteiger partial charge >= 0.3 is 0 Å². The first-order valence-electron chi connectivity index (χ1n) is 7.56. The average molecular weight is 278 g/mol. The maximum Gasteiger partial charge on any atom is 0.119 e. The van der Waals surface area contributed by atoms with Gasteiger partial charge in [0.15, 0.2) is 0 Å². The van der Waals surface area contributed by atoms with Gasteiger partial charge in [-0.2, -0.15) is 0 Å². The quantitative estimate of drug-likeness (QED) is 0.751. The number of aryl methyl sites for hydroxylation is 4. The predicted octanol–water partition coefficient (Wildman–Crippen LogP) is 5.00. The van der Waals surface area contributed by atoms with Crippen LogP contribution in [0.15, 0.2) is 36.4 Å². The molecular weight excluding hydrogens is 256 g/mol. The first-order valence-corrected chi connectivity index (χ1v) is 7.56. The van der Waals surface area contributed by atoms with Crippen molar-refractivity contribution >= 4 is 5.57 Å². The maximum absolute atomic E-state index is 5.42. The third-order valence-corrected chi connectivity index (χ3v) is 4.32. The zero-order valence-electron chi connectivity index (χ0n) is 13.3. The van der Waals surface area contributed by atoms with Crippen LogP contribution in [0.4, 0.5) is 0 Å². The topological polar surface area (TPSA) is 9.23 Å². The Balaban J connectivity index is 2.19. The van der Waals surface area contributed by atoms with E-state index in [-0.39, 0.29) is 0 Å². The molecule has 0 aromatic heterocycles. The van der Waals surface area contributed by atoms with Crippen LogP contribution in [0.25, 0.3) is 5.57 Å². The molecule has 0 saturated heterocycles. The maximum atomic E-state index is 5.42. The number of fused-ring (bicyclic) bond motifs is 1. The van der Waals surface area contributed by atoms with E-state index in [0.717, 1.165) is 18.6 Å². The molecule has 1 heteroatoms. The lowest BCUT2D eigenvalue weighted by Crippen LogP contribution is -2.04. The third-order valence-electron chi connectivity index (χ3n) is 4.32. The minimum Gasteiger partial charge on any atom is -0.497 e. The zero-order valence-corrected chi connectivity index (χ0v) is 13.3. The van der Waals surface area contributed by atoms with Crippen molar-refractivity contribution in [2.24, 2.45) is 0 Å². The Morgan fingerprint density at radius 3 is 2.33 bits per heavy atom. The molecule has 1 aliphatic rings. The molecule has 0 heterocycles. The van der Waals surface area contributed by atoms with Crippen LogP contribution in [-0.4, -0.2) is 7.11 Å². The standard InChI is InChI=1S/C20H22O/c1-13-10-14(2)20(15(3)11-13)18-7-5-6-16-8-9-17(21-4)12-19(16)18/h7-12H,5-6H2,1-4H3. The van der Waals surface area contributed by atoms with Gasteiger partial charge in [-0.05, 0) is 79.1 Å². The monoisotopic (exact) mass is 278 g/mol. The summed E-state index contributed by atoms with van der Waals surface area (Å²) in [5, 5.41) is 0. The molecule has 0 fully saturated rings. The van der Waals surface area contributed by atoms with Crippen molar-refractivity contribution in [3.63, 3.8) is 0 Å². The van der Waals surface area contributed by atoms with Gasteiger partial charge in [0.05, 0.1) is 7.11 Å². The van der Waals surface area contributed by atoms with Gasteiger partial charge in [0.2, 0.25) is 0 Å². The molecule has 21 heavy (non-hydrogen) atoms. The molecule has 0 saturated carbocycles. The fourth-order valence-electron chi connectivity index (χ4n) is 3.47. The molecule has 2 aromatic rings. The van der Waals surface area contributed by atoms with Gasteiger partial charge < -0.3 is 4.74 Å². The summed E-state index contributed by atoms with van der Waals surface area (Å²) in [4.78, 5) is 0. The molecule has 0 spiro atoms. The summed E-state index contributed by atoms with van der Waals surface area (Å²) in [6, 6.07) is 11.0. The normalized spacial score (nSPS) is 13.6. The van der Waals surface area contributed by atoms with Crippen molar-refractivity contribution in [1.29, 1.82) is 0 Å². The number of benzene rings is 2. The van der Waals surface area contributed by atoms with Crippen molar-refractivity contribution in [1.82, 2.24) is 0 Å². The van der Waals surface area contributed by atoms with E-state index in [9.17, 15) is 0 Å². The number of rotatable bonds is 2. The second kappa shape index (κ2) is 5.40. The van der Waals surface area contributed by atoms with Gasteiger partial charge in [-0.3, -0.25) is 0 Å². The molecule has 0 unspecified atom stereocenters. The highest BCUT2D eigenvalue weighted by Gasteiger charge is 2.18. The summed E-state index contributed by atoms with van der Waals surface area (Å²) in [6.45, 7) is 6.59. The van der Waals surface area contributed by atoms with Crippen LogP contribution >= 0.6 is 0 Å². The Kier molecular flexibility index (Phi) is 3.59. The van der Waals surface area contributed by atoms with Crippen molar-refractivity contribution in [3.8, 4) is 5.75 Å². The van der Waals surface area contributed by atoms with Crippen LogP contribution < -0.4 is 4.74 Å². The molecule has 2 aromatic carbocycles. The number of ether oxygens (including phenoxy) is 1. The van der Waals surface area contributed by atoms with Crippen molar-refractivity contribution < 1.29 is 4.74 Å². The van der Waals surface area contributed by atoms with Gasteiger partial charge in [-0.1, -0.05) is 29.8 Å². The first kappa shape index (κ1) is 13.9.